The van der Waals surface area contributed by atoms with E-state index in [1.807, 2.05) is 0 Å². The van der Waals surface area contributed by atoms with Gasteiger partial charge in [-0.15, -0.1) is 0 Å². The number of nitrogens with zero attached hydrogens (tertiary/aromatic N) is 2. The summed E-state index contributed by atoms with van der Waals surface area (Å²) in [5, 5.41) is 0. The highest BCUT2D eigenvalue weighted by atomic mass is 15.2. The van der Waals surface area contributed by atoms with Crippen LogP contribution in [0.25, 0.3) is 23.2 Å². The third kappa shape index (κ3) is 2.58. The fourth-order valence-corrected chi connectivity index (χ4v) is 4.84. The molecule has 0 spiro atoms. The van der Waals surface area contributed by atoms with Crippen molar-refractivity contribution in [1.82, 2.24) is 4.57 Å². The number of allylic oxidation sites excluding steroid dienone is 1. The molecule has 2 heterocycles. The van der Waals surface area contributed by atoms with Crippen molar-refractivity contribution in [1.29, 1.82) is 0 Å². The van der Waals surface area contributed by atoms with E-state index in [0.717, 1.165) is 18.7 Å². The Morgan fingerprint density at radius 3 is 2.41 bits per heavy atom. The number of aryl methyl sites for hydroxylation is 1. The van der Waals surface area contributed by atoms with Gasteiger partial charge in [0.2, 0.25) is 0 Å². The molecule has 0 amide bonds. The molecule has 0 radical (unpaired) electrons. The molecule has 1 fully saturated rings. The van der Waals surface area contributed by atoms with E-state index >= 15 is 0 Å². The van der Waals surface area contributed by atoms with Crippen LogP contribution in [0, 0.1) is 19.8 Å². The maximum atomic E-state index is 9.54. The molecule has 5 rings (SSSR count). The van der Waals surface area contributed by atoms with E-state index in [9.17, 15) is 1.37 Å². The largest absolute Gasteiger partial charge is 0.295 e. The number of hydrogen-bond acceptors (Lipinski definition) is 0. The van der Waals surface area contributed by atoms with Crippen molar-refractivity contribution >= 4 is 6.08 Å². The van der Waals surface area contributed by atoms with Crippen molar-refractivity contribution in [3.8, 4) is 17.1 Å². The second kappa shape index (κ2) is 6.53. The highest BCUT2D eigenvalue weighted by Gasteiger charge is 2.40. The summed E-state index contributed by atoms with van der Waals surface area (Å²) in [5.74, 6) is 1.50. The highest BCUT2D eigenvalue weighted by molar-refractivity contribution is 5.62. The SMILES string of the molecule is [2H]C1(C2CCCC2)C=Cc2c(C)n(-c3ccccc3C)c(-c3ccccc3)[n+]21. The molecular weight excluding hydrogens is 328 g/mol. The molecule has 136 valence electrons. The molecule has 1 aromatic heterocycles. The second-order valence-electron chi connectivity index (χ2n) is 7.86. The van der Waals surface area contributed by atoms with Crippen LogP contribution in [0.1, 0.15) is 50.0 Å². The van der Waals surface area contributed by atoms with Gasteiger partial charge in [-0.1, -0.05) is 49.2 Å². The molecule has 1 aliphatic heterocycles. The molecule has 2 aromatic carbocycles. The van der Waals surface area contributed by atoms with E-state index in [1.54, 1.807) is 0 Å². The minimum atomic E-state index is -0.699. The van der Waals surface area contributed by atoms with Crippen LogP contribution in [-0.2, 0) is 0 Å². The van der Waals surface area contributed by atoms with Crippen LogP contribution < -0.4 is 4.57 Å². The first-order valence-electron chi connectivity index (χ1n) is 10.6. The summed E-state index contributed by atoms with van der Waals surface area (Å²) in [6, 6.07) is 18.4. The minimum absolute atomic E-state index is 0.379. The van der Waals surface area contributed by atoms with Crippen LogP contribution in [0.3, 0.4) is 0 Å². The summed E-state index contributed by atoms with van der Waals surface area (Å²) in [5.41, 5.74) is 5.99. The monoisotopic (exact) mass is 356 g/mol. The molecular formula is C25H27N2+. The van der Waals surface area contributed by atoms with Gasteiger partial charge in [0.15, 0.2) is 11.4 Å². The van der Waals surface area contributed by atoms with Crippen LogP contribution in [0.15, 0.2) is 60.7 Å². The predicted octanol–water partition coefficient (Wildman–Crippen LogP) is 5.81. The van der Waals surface area contributed by atoms with Crippen LogP contribution in [-0.4, -0.2) is 4.57 Å². The third-order valence-corrected chi connectivity index (χ3v) is 6.20. The minimum Gasteiger partial charge on any atom is -0.216 e. The molecule has 2 heteroatoms. The Morgan fingerprint density at radius 2 is 1.67 bits per heavy atom. The zero-order valence-electron chi connectivity index (χ0n) is 17.2. The van der Waals surface area contributed by atoms with Crippen molar-refractivity contribution in [3.05, 3.63) is 77.6 Å². The number of fused-ring (bicyclic) bond motifs is 1. The maximum absolute atomic E-state index is 9.54. The lowest BCUT2D eigenvalue weighted by Gasteiger charge is -2.17. The Balaban J connectivity index is 1.83. The molecule has 27 heavy (non-hydrogen) atoms. The quantitative estimate of drug-likeness (QED) is 0.524. The average molecular weight is 357 g/mol. The van der Waals surface area contributed by atoms with Crippen molar-refractivity contribution in [2.45, 2.75) is 45.5 Å². The van der Waals surface area contributed by atoms with Gasteiger partial charge in [0.25, 0.3) is 5.82 Å². The van der Waals surface area contributed by atoms with Crippen LogP contribution in [0.4, 0.5) is 0 Å². The lowest BCUT2D eigenvalue weighted by molar-refractivity contribution is -0.705. The van der Waals surface area contributed by atoms with Crippen molar-refractivity contribution in [2.75, 3.05) is 0 Å². The van der Waals surface area contributed by atoms with Gasteiger partial charge < -0.3 is 0 Å². The number of hydrogen-bond donors (Lipinski definition) is 0. The van der Waals surface area contributed by atoms with Gasteiger partial charge in [0.05, 0.1) is 6.93 Å². The zero-order valence-corrected chi connectivity index (χ0v) is 16.2. The summed E-state index contributed by atoms with van der Waals surface area (Å²) in [4.78, 5) is 0. The Labute approximate surface area is 163 Å². The van der Waals surface area contributed by atoms with Crippen LogP contribution in [0.2, 0.25) is 0 Å². The van der Waals surface area contributed by atoms with Crippen LogP contribution >= 0.6 is 0 Å². The van der Waals surface area contributed by atoms with Gasteiger partial charge in [-0.2, -0.15) is 4.57 Å². The van der Waals surface area contributed by atoms with Gasteiger partial charge in [-0.3, -0.25) is 0 Å². The van der Waals surface area contributed by atoms with Crippen molar-refractivity contribution < 1.29 is 5.94 Å². The standard InChI is InChI=1S/C25H27N2/c1-18-10-6-9-15-22(18)26-19(2)23-16-17-24(20-11-7-8-12-20)27(23)25(26)21-13-4-3-5-14-21/h3-6,9-10,13-17,20,24H,7-8,11-12H2,1-2H3/q+1/i24D. The predicted molar refractivity (Wildman–Crippen MR) is 111 cm³/mol. The highest BCUT2D eigenvalue weighted by Crippen LogP contribution is 2.39. The van der Waals surface area contributed by atoms with Gasteiger partial charge in [-0.25, -0.2) is 4.57 Å². The Hall–Kier alpha value is -2.61. The summed E-state index contributed by atoms with van der Waals surface area (Å²) < 4.78 is 14.2. The number of imidazole rings is 1. The normalized spacial score (nSPS) is 22.2. The lowest BCUT2D eigenvalue weighted by Crippen LogP contribution is -2.42. The molecule has 2 nitrogen and oxygen atoms in total. The van der Waals surface area contributed by atoms with E-state index in [2.05, 4.69) is 89.7 Å². The lowest BCUT2D eigenvalue weighted by atomic mass is 9.98. The Morgan fingerprint density at radius 1 is 0.963 bits per heavy atom. The average Bonchev–Trinajstić information content (AvgIpc) is 3.42. The second-order valence-corrected chi connectivity index (χ2v) is 7.86. The van der Waals surface area contributed by atoms with Crippen molar-refractivity contribution in [3.63, 3.8) is 0 Å². The van der Waals surface area contributed by atoms with E-state index in [-0.39, 0.29) is 0 Å². The fourth-order valence-electron chi connectivity index (χ4n) is 4.84. The molecule has 1 aliphatic carbocycles. The number of aromatic nitrogens is 2. The van der Waals surface area contributed by atoms with Crippen LogP contribution in [0.5, 0.6) is 0 Å². The molecule has 1 saturated carbocycles. The summed E-state index contributed by atoms with van der Waals surface area (Å²) in [6.45, 7) is 4.36. The molecule has 2 aliphatic rings. The van der Waals surface area contributed by atoms with E-state index in [4.69, 9.17) is 0 Å². The number of para-hydroxylation sites is 1. The number of benzene rings is 2. The van der Waals surface area contributed by atoms with E-state index < -0.39 is 6.02 Å². The Kier molecular flexibility index (Phi) is 3.73. The molecule has 1 unspecified atom stereocenters. The topological polar surface area (TPSA) is 8.81 Å². The molecule has 3 aromatic rings. The first-order valence-corrected chi connectivity index (χ1v) is 10.1. The molecule has 0 saturated heterocycles. The van der Waals surface area contributed by atoms with Gasteiger partial charge in [0, 0.05) is 12.8 Å². The first kappa shape index (κ1) is 15.4. The molecule has 0 bridgehead atoms. The first-order chi connectivity index (χ1) is 13.6. The summed E-state index contributed by atoms with van der Waals surface area (Å²) >= 11 is 0. The summed E-state index contributed by atoms with van der Waals surface area (Å²) in [7, 11) is 0. The van der Waals surface area contributed by atoms with Gasteiger partial charge in [-0.05, 0) is 55.7 Å². The third-order valence-electron chi connectivity index (χ3n) is 6.20. The Bertz CT molecular complexity index is 1060. The molecule has 1 atom stereocenters. The van der Waals surface area contributed by atoms with Gasteiger partial charge >= 0.3 is 0 Å². The number of rotatable bonds is 3. The maximum Gasteiger partial charge on any atom is 0.295 e. The van der Waals surface area contributed by atoms with Crippen molar-refractivity contribution in [2.24, 2.45) is 5.92 Å². The smallest absolute Gasteiger partial charge is 0.216 e. The van der Waals surface area contributed by atoms with E-state index in [0.29, 0.717) is 5.92 Å². The molecule has 0 N–H and O–H groups in total. The van der Waals surface area contributed by atoms with E-state index in [1.165, 1.54) is 41.0 Å². The van der Waals surface area contributed by atoms with Gasteiger partial charge in [0.1, 0.15) is 11.7 Å². The zero-order chi connectivity index (χ0) is 19.3. The summed E-state index contributed by atoms with van der Waals surface area (Å²) in [6.07, 6.45) is 9.09. The fraction of sp³-hybridized carbons (Fsp3) is 0.320.